The van der Waals surface area contributed by atoms with E-state index in [1.807, 2.05) is 13.0 Å². The number of rotatable bonds is 5. The molecular formula is C16H20BrNO4. The molecule has 0 saturated carbocycles. The van der Waals surface area contributed by atoms with Crippen molar-refractivity contribution < 1.29 is 19.4 Å². The van der Waals surface area contributed by atoms with E-state index in [0.717, 1.165) is 10.9 Å². The molecule has 1 aromatic carbocycles. The van der Waals surface area contributed by atoms with E-state index in [-0.39, 0.29) is 11.8 Å². The molecule has 6 heteroatoms. The average Bonchev–Trinajstić information content (AvgIpc) is 2.53. The standard InChI is InChI=1S/C16H20BrNO4/c1-2-9-22-14-4-3-12(17)10-13(14)15(19)18-7-5-11(6-8-18)16(20)21/h3-4,10-11H,2,5-9H2,1H3,(H,20,21). The molecule has 1 amide bonds. The van der Waals surface area contributed by atoms with Gasteiger partial charge in [0, 0.05) is 17.6 Å². The summed E-state index contributed by atoms with van der Waals surface area (Å²) in [5, 5.41) is 9.03. The second kappa shape index (κ2) is 7.63. The molecule has 0 bridgehead atoms. The van der Waals surface area contributed by atoms with Crippen LogP contribution in [0, 0.1) is 5.92 Å². The minimum absolute atomic E-state index is 0.101. The molecular weight excluding hydrogens is 350 g/mol. The predicted molar refractivity (Wildman–Crippen MR) is 86.2 cm³/mol. The van der Waals surface area contributed by atoms with Crippen LogP contribution in [0.4, 0.5) is 0 Å². The van der Waals surface area contributed by atoms with E-state index in [1.165, 1.54) is 0 Å². The number of aliphatic carboxylic acids is 1. The Hall–Kier alpha value is -1.56. The zero-order valence-corrected chi connectivity index (χ0v) is 14.1. The number of nitrogens with zero attached hydrogens (tertiary/aromatic N) is 1. The molecule has 1 fully saturated rings. The highest BCUT2D eigenvalue weighted by molar-refractivity contribution is 9.10. The highest BCUT2D eigenvalue weighted by Crippen LogP contribution is 2.27. The van der Waals surface area contributed by atoms with Crippen LogP contribution >= 0.6 is 15.9 Å². The number of hydrogen-bond acceptors (Lipinski definition) is 3. The third-order valence-corrected chi connectivity index (χ3v) is 4.26. The van der Waals surface area contributed by atoms with Crippen molar-refractivity contribution in [2.24, 2.45) is 5.92 Å². The maximum Gasteiger partial charge on any atom is 0.306 e. The topological polar surface area (TPSA) is 66.8 Å². The van der Waals surface area contributed by atoms with Crippen molar-refractivity contribution in [2.75, 3.05) is 19.7 Å². The number of carbonyl (C=O) groups excluding carboxylic acids is 1. The summed E-state index contributed by atoms with van der Waals surface area (Å²) in [7, 11) is 0. The molecule has 1 aliphatic rings. The van der Waals surface area contributed by atoms with E-state index in [0.29, 0.717) is 43.9 Å². The number of hydrogen-bond donors (Lipinski definition) is 1. The van der Waals surface area contributed by atoms with Gasteiger partial charge in [0.2, 0.25) is 0 Å². The van der Waals surface area contributed by atoms with Gasteiger partial charge in [0.05, 0.1) is 18.1 Å². The molecule has 1 aliphatic heterocycles. The Morgan fingerprint density at radius 3 is 2.64 bits per heavy atom. The van der Waals surface area contributed by atoms with Crippen LogP contribution in [-0.2, 0) is 4.79 Å². The number of amides is 1. The van der Waals surface area contributed by atoms with Crippen molar-refractivity contribution in [2.45, 2.75) is 26.2 Å². The lowest BCUT2D eigenvalue weighted by Crippen LogP contribution is -2.40. The van der Waals surface area contributed by atoms with Crippen molar-refractivity contribution >= 4 is 27.8 Å². The molecule has 2 rings (SSSR count). The second-order valence-corrected chi connectivity index (χ2v) is 6.31. The summed E-state index contributed by atoms with van der Waals surface area (Å²) in [6.07, 6.45) is 1.87. The van der Waals surface area contributed by atoms with Gasteiger partial charge in [0.1, 0.15) is 5.75 Å². The predicted octanol–water partition coefficient (Wildman–Crippen LogP) is 3.17. The smallest absolute Gasteiger partial charge is 0.306 e. The number of carbonyl (C=O) groups is 2. The fraction of sp³-hybridized carbons (Fsp3) is 0.500. The van der Waals surface area contributed by atoms with Gasteiger partial charge in [-0.1, -0.05) is 22.9 Å². The van der Waals surface area contributed by atoms with Crippen LogP contribution in [0.15, 0.2) is 22.7 Å². The normalized spacial score (nSPS) is 15.6. The van der Waals surface area contributed by atoms with Crippen molar-refractivity contribution in [3.8, 4) is 5.75 Å². The first-order chi connectivity index (χ1) is 10.5. The number of likely N-dealkylation sites (tertiary alicyclic amines) is 1. The minimum Gasteiger partial charge on any atom is -0.493 e. The van der Waals surface area contributed by atoms with E-state index >= 15 is 0 Å². The third kappa shape index (κ3) is 4.00. The quantitative estimate of drug-likeness (QED) is 0.865. The molecule has 22 heavy (non-hydrogen) atoms. The Bertz CT molecular complexity index is 553. The van der Waals surface area contributed by atoms with Gasteiger partial charge in [-0.25, -0.2) is 0 Å². The van der Waals surface area contributed by atoms with E-state index in [9.17, 15) is 9.59 Å². The van der Waals surface area contributed by atoms with Gasteiger partial charge < -0.3 is 14.7 Å². The summed E-state index contributed by atoms with van der Waals surface area (Å²) in [6.45, 7) is 3.51. The van der Waals surface area contributed by atoms with Gasteiger partial charge in [0.25, 0.3) is 5.91 Å². The number of benzene rings is 1. The Kier molecular flexibility index (Phi) is 5.83. The van der Waals surface area contributed by atoms with Gasteiger partial charge in [-0.05, 0) is 37.5 Å². The first kappa shape index (κ1) is 16.8. The molecule has 0 aliphatic carbocycles. The van der Waals surface area contributed by atoms with Gasteiger partial charge >= 0.3 is 5.97 Å². The number of ether oxygens (including phenoxy) is 1. The molecule has 5 nitrogen and oxygen atoms in total. The Morgan fingerprint density at radius 2 is 2.05 bits per heavy atom. The van der Waals surface area contributed by atoms with Crippen LogP contribution in [0.2, 0.25) is 0 Å². The fourth-order valence-electron chi connectivity index (χ4n) is 2.51. The van der Waals surface area contributed by atoms with Gasteiger partial charge in [-0.2, -0.15) is 0 Å². The molecule has 1 saturated heterocycles. The number of halogens is 1. The fourth-order valence-corrected chi connectivity index (χ4v) is 2.87. The Balaban J connectivity index is 2.12. The van der Waals surface area contributed by atoms with Crippen LogP contribution in [0.5, 0.6) is 5.75 Å². The molecule has 1 heterocycles. The summed E-state index contributed by atoms with van der Waals surface area (Å²) < 4.78 is 6.47. The first-order valence-corrected chi connectivity index (χ1v) is 8.26. The zero-order valence-electron chi connectivity index (χ0n) is 12.5. The number of carboxylic acids is 1. The molecule has 0 atom stereocenters. The largest absolute Gasteiger partial charge is 0.493 e. The lowest BCUT2D eigenvalue weighted by atomic mass is 9.96. The zero-order chi connectivity index (χ0) is 16.1. The van der Waals surface area contributed by atoms with Crippen molar-refractivity contribution in [3.05, 3.63) is 28.2 Å². The monoisotopic (exact) mass is 369 g/mol. The first-order valence-electron chi connectivity index (χ1n) is 7.47. The van der Waals surface area contributed by atoms with Crippen molar-refractivity contribution in [3.63, 3.8) is 0 Å². The molecule has 0 radical (unpaired) electrons. The molecule has 1 aromatic rings. The van der Waals surface area contributed by atoms with Crippen LogP contribution in [0.25, 0.3) is 0 Å². The molecule has 1 N–H and O–H groups in total. The second-order valence-electron chi connectivity index (χ2n) is 5.39. The SMILES string of the molecule is CCCOc1ccc(Br)cc1C(=O)N1CCC(C(=O)O)CC1. The van der Waals surface area contributed by atoms with Crippen molar-refractivity contribution in [1.29, 1.82) is 0 Å². The van der Waals surface area contributed by atoms with E-state index < -0.39 is 5.97 Å². The summed E-state index contributed by atoms with van der Waals surface area (Å²) in [5.74, 6) is -0.643. The highest BCUT2D eigenvalue weighted by atomic mass is 79.9. The molecule has 120 valence electrons. The van der Waals surface area contributed by atoms with E-state index in [2.05, 4.69) is 15.9 Å². The van der Waals surface area contributed by atoms with Crippen LogP contribution < -0.4 is 4.74 Å². The molecule has 0 spiro atoms. The van der Waals surface area contributed by atoms with Crippen LogP contribution in [0.3, 0.4) is 0 Å². The minimum atomic E-state index is -0.776. The number of carboxylic acid groups (broad SMARTS) is 1. The van der Waals surface area contributed by atoms with Gasteiger partial charge in [0.15, 0.2) is 0 Å². The lowest BCUT2D eigenvalue weighted by molar-refractivity contribution is -0.143. The summed E-state index contributed by atoms with van der Waals surface area (Å²) in [4.78, 5) is 25.4. The Labute approximate surface area is 138 Å². The summed E-state index contributed by atoms with van der Waals surface area (Å²) in [5.41, 5.74) is 0.525. The number of piperidine rings is 1. The van der Waals surface area contributed by atoms with Gasteiger partial charge in [-0.3, -0.25) is 9.59 Å². The van der Waals surface area contributed by atoms with Crippen molar-refractivity contribution in [1.82, 2.24) is 4.90 Å². The highest BCUT2D eigenvalue weighted by Gasteiger charge is 2.28. The molecule has 0 aromatic heterocycles. The van der Waals surface area contributed by atoms with Crippen LogP contribution in [0.1, 0.15) is 36.5 Å². The van der Waals surface area contributed by atoms with E-state index in [1.54, 1.807) is 17.0 Å². The molecule has 0 unspecified atom stereocenters. The maximum absolute atomic E-state index is 12.7. The lowest BCUT2D eigenvalue weighted by Gasteiger charge is -2.30. The average molecular weight is 370 g/mol. The maximum atomic E-state index is 12.7. The Morgan fingerprint density at radius 1 is 1.36 bits per heavy atom. The summed E-state index contributed by atoms with van der Waals surface area (Å²) in [6, 6.07) is 5.39. The van der Waals surface area contributed by atoms with E-state index in [4.69, 9.17) is 9.84 Å². The third-order valence-electron chi connectivity index (χ3n) is 3.77. The van der Waals surface area contributed by atoms with Crippen LogP contribution in [-0.4, -0.2) is 41.6 Å². The van der Waals surface area contributed by atoms with Gasteiger partial charge in [-0.15, -0.1) is 0 Å². The summed E-state index contributed by atoms with van der Waals surface area (Å²) >= 11 is 3.38.